The molecule has 1 heterocycles. The van der Waals surface area contributed by atoms with Gasteiger partial charge in [-0.1, -0.05) is 0 Å². The number of anilines is 2. The van der Waals surface area contributed by atoms with Crippen LogP contribution in [0.1, 0.15) is 0 Å². The summed E-state index contributed by atoms with van der Waals surface area (Å²) in [7, 11) is 3.24. The van der Waals surface area contributed by atoms with Crippen LogP contribution in [0.25, 0.3) is 0 Å². The first kappa shape index (κ1) is 11.3. The van der Waals surface area contributed by atoms with Crippen LogP contribution in [-0.4, -0.2) is 19.2 Å². The van der Waals surface area contributed by atoms with E-state index in [2.05, 4.69) is 10.3 Å². The fourth-order valence-corrected chi connectivity index (χ4v) is 1.42. The average molecular weight is 230 g/mol. The van der Waals surface area contributed by atoms with Crippen LogP contribution in [0.15, 0.2) is 42.6 Å². The maximum absolute atomic E-state index is 5.09. The van der Waals surface area contributed by atoms with Gasteiger partial charge in [0, 0.05) is 11.8 Å². The topological polar surface area (TPSA) is 43.4 Å². The van der Waals surface area contributed by atoms with Crippen LogP contribution in [-0.2, 0) is 0 Å². The van der Waals surface area contributed by atoms with Gasteiger partial charge in [0.05, 0.1) is 26.1 Å². The molecule has 0 unspecified atom stereocenters. The van der Waals surface area contributed by atoms with E-state index in [-0.39, 0.29) is 0 Å². The molecule has 0 aliphatic carbocycles. The van der Waals surface area contributed by atoms with Crippen LogP contribution in [0.5, 0.6) is 11.6 Å². The molecular weight excluding hydrogens is 216 g/mol. The summed E-state index contributed by atoms with van der Waals surface area (Å²) in [5.74, 6) is 1.44. The van der Waals surface area contributed by atoms with E-state index in [1.165, 1.54) is 0 Å². The van der Waals surface area contributed by atoms with Gasteiger partial charge >= 0.3 is 0 Å². The number of nitrogens with one attached hydrogen (secondary N) is 1. The summed E-state index contributed by atoms with van der Waals surface area (Å²) in [6.07, 6.45) is 1.73. The molecule has 0 fully saturated rings. The van der Waals surface area contributed by atoms with Crippen molar-refractivity contribution in [3.8, 4) is 11.6 Å². The third kappa shape index (κ3) is 2.87. The van der Waals surface area contributed by atoms with E-state index in [0.29, 0.717) is 5.88 Å². The molecule has 1 aromatic carbocycles. The Morgan fingerprint density at radius 2 is 1.59 bits per heavy atom. The Morgan fingerprint density at radius 1 is 0.882 bits per heavy atom. The molecule has 0 saturated heterocycles. The summed E-state index contributed by atoms with van der Waals surface area (Å²) in [6, 6.07) is 11.4. The van der Waals surface area contributed by atoms with Crippen molar-refractivity contribution in [2.75, 3.05) is 19.5 Å². The lowest BCUT2D eigenvalue weighted by Gasteiger charge is -2.07. The molecule has 2 rings (SSSR count). The van der Waals surface area contributed by atoms with Gasteiger partial charge in [0.1, 0.15) is 5.75 Å². The third-order valence-electron chi connectivity index (χ3n) is 2.32. The zero-order chi connectivity index (χ0) is 12.1. The van der Waals surface area contributed by atoms with Gasteiger partial charge in [-0.2, -0.15) is 0 Å². The molecule has 0 radical (unpaired) electrons. The van der Waals surface area contributed by atoms with E-state index in [1.54, 1.807) is 20.4 Å². The first-order valence-corrected chi connectivity index (χ1v) is 5.23. The first-order chi connectivity index (χ1) is 8.31. The SMILES string of the molecule is COc1ccc(Nc2ccc(OC)nc2)cc1. The molecule has 17 heavy (non-hydrogen) atoms. The van der Waals surface area contributed by atoms with Crippen molar-refractivity contribution in [3.05, 3.63) is 42.6 Å². The maximum Gasteiger partial charge on any atom is 0.213 e. The van der Waals surface area contributed by atoms with Crippen LogP contribution in [0.3, 0.4) is 0 Å². The second-order valence-corrected chi connectivity index (χ2v) is 3.44. The lowest BCUT2D eigenvalue weighted by molar-refractivity contribution is 0.398. The predicted molar refractivity (Wildman–Crippen MR) is 67.1 cm³/mol. The van der Waals surface area contributed by atoms with E-state index < -0.39 is 0 Å². The van der Waals surface area contributed by atoms with Crippen molar-refractivity contribution in [2.45, 2.75) is 0 Å². The highest BCUT2D eigenvalue weighted by Gasteiger charge is 1.97. The Hall–Kier alpha value is -2.23. The Balaban J connectivity index is 2.08. The number of benzene rings is 1. The summed E-state index contributed by atoms with van der Waals surface area (Å²) < 4.78 is 10.1. The van der Waals surface area contributed by atoms with Crippen molar-refractivity contribution < 1.29 is 9.47 Å². The molecule has 2 aromatic rings. The first-order valence-electron chi connectivity index (χ1n) is 5.23. The maximum atomic E-state index is 5.09. The molecular formula is C13H14N2O2. The van der Waals surface area contributed by atoms with Gasteiger partial charge in [0.2, 0.25) is 5.88 Å². The highest BCUT2D eigenvalue weighted by Crippen LogP contribution is 2.20. The predicted octanol–water partition coefficient (Wildman–Crippen LogP) is 2.84. The number of ether oxygens (including phenoxy) is 2. The van der Waals surface area contributed by atoms with Crippen molar-refractivity contribution in [3.63, 3.8) is 0 Å². The lowest BCUT2D eigenvalue weighted by Crippen LogP contribution is -1.92. The number of nitrogens with zero attached hydrogens (tertiary/aromatic N) is 1. The number of aromatic nitrogens is 1. The highest BCUT2D eigenvalue weighted by molar-refractivity contribution is 5.59. The monoisotopic (exact) mass is 230 g/mol. The van der Waals surface area contributed by atoms with E-state index >= 15 is 0 Å². The van der Waals surface area contributed by atoms with Gasteiger partial charge in [-0.15, -0.1) is 0 Å². The molecule has 0 amide bonds. The molecule has 0 aliphatic rings. The Morgan fingerprint density at radius 3 is 2.12 bits per heavy atom. The van der Waals surface area contributed by atoms with Crippen LogP contribution >= 0.6 is 0 Å². The standard InChI is InChI=1S/C13H14N2O2/c1-16-12-6-3-10(4-7-12)15-11-5-8-13(17-2)14-9-11/h3-9,15H,1-2H3. The number of pyridine rings is 1. The van der Waals surface area contributed by atoms with E-state index in [9.17, 15) is 0 Å². The Labute approximate surface area is 100 Å². The van der Waals surface area contributed by atoms with Gasteiger partial charge in [-0.05, 0) is 30.3 Å². The molecule has 0 bridgehead atoms. The van der Waals surface area contributed by atoms with Crippen molar-refractivity contribution in [1.29, 1.82) is 0 Å². The number of methoxy groups -OCH3 is 2. The van der Waals surface area contributed by atoms with Crippen LogP contribution in [0, 0.1) is 0 Å². The lowest BCUT2D eigenvalue weighted by atomic mass is 10.3. The highest BCUT2D eigenvalue weighted by atomic mass is 16.5. The minimum atomic E-state index is 0.602. The van der Waals surface area contributed by atoms with Crippen LogP contribution in [0.2, 0.25) is 0 Å². The Bertz CT molecular complexity index is 420. The molecule has 4 nitrogen and oxygen atoms in total. The molecule has 4 heteroatoms. The third-order valence-corrected chi connectivity index (χ3v) is 2.32. The summed E-state index contributed by atoms with van der Waals surface area (Å²) in [6.45, 7) is 0. The average Bonchev–Trinajstić information content (AvgIpc) is 2.40. The van der Waals surface area contributed by atoms with Gasteiger partial charge < -0.3 is 14.8 Å². The zero-order valence-electron chi connectivity index (χ0n) is 9.81. The van der Waals surface area contributed by atoms with Gasteiger partial charge in [0.15, 0.2) is 0 Å². The second-order valence-electron chi connectivity index (χ2n) is 3.44. The fraction of sp³-hybridized carbons (Fsp3) is 0.154. The minimum Gasteiger partial charge on any atom is -0.497 e. The molecule has 88 valence electrons. The normalized spacial score (nSPS) is 9.76. The van der Waals surface area contributed by atoms with E-state index in [0.717, 1.165) is 17.1 Å². The Kier molecular flexibility index (Phi) is 3.45. The minimum absolute atomic E-state index is 0.602. The van der Waals surface area contributed by atoms with E-state index in [1.807, 2.05) is 36.4 Å². The zero-order valence-corrected chi connectivity index (χ0v) is 9.81. The van der Waals surface area contributed by atoms with Crippen molar-refractivity contribution in [2.24, 2.45) is 0 Å². The molecule has 1 N–H and O–H groups in total. The quantitative estimate of drug-likeness (QED) is 0.877. The summed E-state index contributed by atoms with van der Waals surface area (Å²) in [5.41, 5.74) is 1.90. The number of hydrogen-bond acceptors (Lipinski definition) is 4. The molecule has 0 saturated carbocycles. The van der Waals surface area contributed by atoms with Gasteiger partial charge in [-0.25, -0.2) is 4.98 Å². The van der Waals surface area contributed by atoms with Crippen molar-refractivity contribution >= 4 is 11.4 Å². The van der Waals surface area contributed by atoms with Crippen molar-refractivity contribution in [1.82, 2.24) is 4.98 Å². The molecule has 0 aliphatic heterocycles. The second kappa shape index (κ2) is 5.21. The summed E-state index contributed by atoms with van der Waals surface area (Å²) in [4.78, 5) is 4.12. The number of hydrogen-bond donors (Lipinski definition) is 1. The smallest absolute Gasteiger partial charge is 0.213 e. The summed E-state index contributed by atoms with van der Waals surface area (Å²) in [5, 5.41) is 3.23. The largest absolute Gasteiger partial charge is 0.497 e. The molecule has 1 aromatic heterocycles. The van der Waals surface area contributed by atoms with Crippen LogP contribution < -0.4 is 14.8 Å². The fourth-order valence-electron chi connectivity index (χ4n) is 1.42. The molecule has 0 atom stereocenters. The van der Waals surface area contributed by atoms with E-state index in [4.69, 9.17) is 9.47 Å². The van der Waals surface area contributed by atoms with Gasteiger partial charge in [0.25, 0.3) is 0 Å². The van der Waals surface area contributed by atoms with Gasteiger partial charge in [-0.3, -0.25) is 0 Å². The summed E-state index contributed by atoms with van der Waals surface area (Å²) >= 11 is 0. The molecule has 0 spiro atoms. The number of rotatable bonds is 4. The van der Waals surface area contributed by atoms with Crippen LogP contribution in [0.4, 0.5) is 11.4 Å².